The van der Waals surface area contributed by atoms with Gasteiger partial charge in [-0.25, -0.2) is 0 Å². The van der Waals surface area contributed by atoms with Crippen LogP contribution in [0.5, 0.6) is 0 Å². The Labute approximate surface area is 520 Å². The summed E-state index contributed by atoms with van der Waals surface area (Å²) in [6.07, 6.45) is 91.4. The summed E-state index contributed by atoms with van der Waals surface area (Å²) in [6, 6.07) is -0.542. The molecule has 2 atom stereocenters. The van der Waals surface area contributed by atoms with E-state index in [9.17, 15) is 19.8 Å². The third-order valence-corrected chi connectivity index (χ3v) is 18.3. The molecule has 494 valence electrons. The lowest BCUT2D eigenvalue weighted by molar-refractivity contribution is -0.143. The number of hydrogen-bond acceptors (Lipinski definition) is 5. The van der Waals surface area contributed by atoms with Crippen LogP contribution < -0.4 is 5.32 Å². The number of unbranched alkanes of at least 4 members (excludes halogenated alkanes) is 60. The number of hydrogen-bond donors (Lipinski definition) is 3. The van der Waals surface area contributed by atoms with Crippen molar-refractivity contribution in [3.05, 3.63) is 12.2 Å². The summed E-state index contributed by atoms with van der Waals surface area (Å²) in [4.78, 5) is 24.7. The zero-order valence-electron chi connectivity index (χ0n) is 56.7. The number of allylic oxidation sites excluding steroid dienone is 2. The monoisotopic (exact) mass is 1170 g/mol. The van der Waals surface area contributed by atoms with Gasteiger partial charge in [0.25, 0.3) is 0 Å². The molecule has 0 aromatic heterocycles. The molecule has 83 heavy (non-hydrogen) atoms. The van der Waals surface area contributed by atoms with E-state index in [-0.39, 0.29) is 18.5 Å². The molecule has 0 aromatic carbocycles. The lowest BCUT2D eigenvalue weighted by Crippen LogP contribution is -2.45. The minimum Gasteiger partial charge on any atom is -0.466 e. The molecule has 6 heteroatoms. The molecule has 1 amide bonds. The first kappa shape index (κ1) is 81.6. The highest BCUT2D eigenvalue weighted by molar-refractivity contribution is 5.76. The lowest BCUT2D eigenvalue weighted by atomic mass is 10.0. The zero-order valence-corrected chi connectivity index (χ0v) is 56.7. The van der Waals surface area contributed by atoms with Crippen LogP contribution in [0.3, 0.4) is 0 Å². The zero-order chi connectivity index (χ0) is 59.9. The number of carbonyl (C=O) groups is 2. The van der Waals surface area contributed by atoms with Crippen LogP contribution >= 0.6 is 0 Å². The summed E-state index contributed by atoms with van der Waals surface area (Å²) in [5.74, 6) is -0.00799. The van der Waals surface area contributed by atoms with E-state index in [1.165, 1.54) is 372 Å². The molecule has 2 unspecified atom stereocenters. The first-order chi connectivity index (χ1) is 41.0. The number of carbonyl (C=O) groups excluding carboxylic acids is 2. The third-order valence-electron chi connectivity index (χ3n) is 18.3. The Morgan fingerprint density at radius 3 is 0.855 bits per heavy atom. The maximum atomic E-state index is 12.5. The van der Waals surface area contributed by atoms with E-state index in [2.05, 4.69) is 31.3 Å². The summed E-state index contributed by atoms with van der Waals surface area (Å²) in [7, 11) is 0. The molecule has 0 aliphatic rings. The van der Waals surface area contributed by atoms with Crippen molar-refractivity contribution in [3.63, 3.8) is 0 Å². The predicted octanol–water partition coefficient (Wildman–Crippen LogP) is 25.1. The third kappa shape index (κ3) is 69.6. The van der Waals surface area contributed by atoms with Crippen molar-refractivity contribution >= 4 is 11.9 Å². The van der Waals surface area contributed by atoms with Crippen molar-refractivity contribution in [2.24, 2.45) is 0 Å². The molecular weight excluding hydrogens is 1020 g/mol. The second-order valence-corrected chi connectivity index (χ2v) is 26.7. The Morgan fingerprint density at radius 2 is 0.566 bits per heavy atom. The van der Waals surface area contributed by atoms with Gasteiger partial charge in [-0.3, -0.25) is 9.59 Å². The Bertz CT molecular complexity index is 1260. The van der Waals surface area contributed by atoms with E-state index in [0.717, 1.165) is 38.5 Å². The van der Waals surface area contributed by atoms with Gasteiger partial charge in [0.05, 0.1) is 25.4 Å². The van der Waals surface area contributed by atoms with Crippen molar-refractivity contribution in [2.45, 2.75) is 456 Å². The SMILES string of the molecule is CCCCCCCCCCCCCCCCCCCCCC(=O)OCCCCCCCCCCCCCC/C=C\CCCCCCCCCCCCCCC(=O)NC(CO)C(O)CCCCCCCCCCCCCCCCCCCCC. The molecular formula is C77H151NO5. The first-order valence-corrected chi connectivity index (χ1v) is 38.4. The van der Waals surface area contributed by atoms with Gasteiger partial charge in [0.15, 0.2) is 0 Å². The molecule has 0 bridgehead atoms. The number of aliphatic hydroxyl groups excluding tert-OH is 2. The normalized spacial score (nSPS) is 12.5. The minimum atomic E-state index is -0.664. The molecule has 0 aliphatic carbocycles. The molecule has 0 heterocycles. The van der Waals surface area contributed by atoms with Gasteiger partial charge < -0.3 is 20.3 Å². The molecule has 3 N–H and O–H groups in total. The largest absolute Gasteiger partial charge is 0.466 e. The highest BCUT2D eigenvalue weighted by Crippen LogP contribution is 2.20. The second-order valence-electron chi connectivity index (χ2n) is 26.7. The van der Waals surface area contributed by atoms with E-state index < -0.39 is 12.1 Å². The van der Waals surface area contributed by atoms with Gasteiger partial charge in [-0.2, -0.15) is 0 Å². The smallest absolute Gasteiger partial charge is 0.305 e. The van der Waals surface area contributed by atoms with Crippen molar-refractivity contribution < 1.29 is 24.5 Å². The van der Waals surface area contributed by atoms with Gasteiger partial charge in [-0.15, -0.1) is 0 Å². The number of ether oxygens (including phenoxy) is 1. The molecule has 0 saturated carbocycles. The Morgan fingerprint density at radius 1 is 0.325 bits per heavy atom. The van der Waals surface area contributed by atoms with Gasteiger partial charge >= 0.3 is 5.97 Å². The van der Waals surface area contributed by atoms with E-state index in [1.807, 2.05) is 0 Å². The summed E-state index contributed by atoms with van der Waals surface area (Å²) < 4.78 is 5.52. The molecule has 0 aromatic rings. The van der Waals surface area contributed by atoms with E-state index in [0.29, 0.717) is 25.9 Å². The summed E-state index contributed by atoms with van der Waals surface area (Å²) in [6.45, 7) is 5.01. The van der Waals surface area contributed by atoms with E-state index in [1.54, 1.807) is 0 Å². The maximum absolute atomic E-state index is 12.5. The molecule has 0 rings (SSSR count). The standard InChI is InChI=1S/C77H151NO5/c1-3-5-7-9-11-13-15-17-19-21-33-37-41-45-49-53-57-61-65-69-75(80)74(73-79)78-76(81)70-66-62-58-54-50-46-42-38-35-31-29-27-25-23-24-26-28-30-32-36-40-44-48-52-56-60-64-68-72-83-77(82)71-67-63-59-55-51-47-43-39-34-22-20-18-16-14-12-10-8-6-4-2/h23-24,74-75,79-80H,3-22,25-73H2,1-2H3,(H,78,81)/b24-23-. The fourth-order valence-corrected chi connectivity index (χ4v) is 12.5. The average molecular weight is 1170 g/mol. The van der Waals surface area contributed by atoms with Gasteiger partial charge in [-0.1, -0.05) is 392 Å². The fourth-order valence-electron chi connectivity index (χ4n) is 12.5. The molecule has 0 fully saturated rings. The minimum absolute atomic E-state index is 0.0220. The van der Waals surface area contributed by atoms with Gasteiger partial charge in [0.1, 0.15) is 0 Å². The van der Waals surface area contributed by atoms with E-state index >= 15 is 0 Å². The van der Waals surface area contributed by atoms with Crippen LogP contribution in [0.2, 0.25) is 0 Å². The van der Waals surface area contributed by atoms with Crippen LogP contribution in [-0.4, -0.2) is 47.4 Å². The fraction of sp³-hybridized carbons (Fsp3) is 0.948. The van der Waals surface area contributed by atoms with Crippen LogP contribution in [0, 0.1) is 0 Å². The molecule has 0 spiro atoms. The van der Waals surface area contributed by atoms with Crippen LogP contribution in [0.1, 0.15) is 444 Å². The van der Waals surface area contributed by atoms with Crippen LogP contribution in [-0.2, 0) is 14.3 Å². The van der Waals surface area contributed by atoms with Gasteiger partial charge in [-0.05, 0) is 51.4 Å². The molecule has 0 radical (unpaired) electrons. The number of amides is 1. The number of nitrogens with one attached hydrogen (secondary N) is 1. The van der Waals surface area contributed by atoms with Crippen LogP contribution in [0.15, 0.2) is 12.2 Å². The Kier molecular flexibility index (Phi) is 71.8. The lowest BCUT2D eigenvalue weighted by Gasteiger charge is -2.22. The van der Waals surface area contributed by atoms with Crippen molar-refractivity contribution in [3.8, 4) is 0 Å². The molecule has 6 nitrogen and oxygen atoms in total. The van der Waals surface area contributed by atoms with Gasteiger partial charge in [0, 0.05) is 12.8 Å². The first-order valence-electron chi connectivity index (χ1n) is 38.4. The number of rotatable bonds is 73. The van der Waals surface area contributed by atoms with E-state index in [4.69, 9.17) is 4.74 Å². The Hall–Kier alpha value is -1.40. The number of esters is 1. The number of aliphatic hydroxyl groups is 2. The van der Waals surface area contributed by atoms with Crippen LogP contribution in [0.4, 0.5) is 0 Å². The van der Waals surface area contributed by atoms with Crippen molar-refractivity contribution in [1.29, 1.82) is 0 Å². The highest BCUT2D eigenvalue weighted by Gasteiger charge is 2.20. The summed E-state index contributed by atoms with van der Waals surface area (Å²) in [5, 5.41) is 23.4. The quantitative estimate of drug-likeness (QED) is 0.0320. The highest BCUT2D eigenvalue weighted by atomic mass is 16.5. The van der Waals surface area contributed by atoms with Gasteiger partial charge in [0.2, 0.25) is 5.91 Å². The maximum Gasteiger partial charge on any atom is 0.305 e. The molecule has 0 aliphatic heterocycles. The molecule has 0 saturated heterocycles. The second kappa shape index (κ2) is 73.1. The Balaban J connectivity index is 3.35. The summed E-state index contributed by atoms with van der Waals surface area (Å²) >= 11 is 0. The van der Waals surface area contributed by atoms with Crippen LogP contribution in [0.25, 0.3) is 0 Å². The van der Waals surface area contributed by atoms with Crippen molar-refractivity contribution in [1.82, 2.24) is 5.32 Å². The predicted molar refractivity (Wildman–Crippen MR) is 366 cm³/mol. The summed E-state index contributed by atoms with van der Waals surface area (Å²) in [5.41, 5.74) is 0. The van der Waals surface area contributed by atoms with Crippen molar-refractivity contribution in [2.75, 3.05) is 13.2 Å². The topological polar surface area (TPSA) is 95.9 Å². The average Bonchev–Trinajstić information content (AvgIpc) is 3.49.